The minimum absolute atomic E-state index is 0.174. The van der Waals surface area contributed by atoms with Gasteiger partial charge in [-0.25, -0.2) is 0 Å². The van der Waals surface area contributed by atoms with Crippen molar-refractivity contribution in [2.75, 3.05) is 11.4 Å². The lowest BCUT2D eigenvalue weighted by Crippen LogP contribution is -2.58. The van der Waals surface area contributed by atoms with Crippen LogP contribution in [-0.2, 0) is 4.79 Å². The summed E-state index contributed by atoms with van der Waals surface area (Å²) in [4.78, 5) is 13.5. The van der Waals surface area contributed by atoms with Crippen LogP contribution in [0.5, 0.6) is 0 Å². The van der Waals surface area contributed by atoms with Crippen LogP contribution in [0, 0.1) is 5.41 Å². The lowest BCUT2D eigenvalue weighted by atomic mass is 9.83. The lowest BCUT2D eigenvalue weighted by molar-refractivity contribution is -0.132. The molecule has 1 aromatic rings. The number of carbonyl (C=O) groups excluding carboxylic acids is 1. The normalized spacial score (nSPS) is 19.4. The molecule has 0 unspecified atom stereocenters. The number of nitrogens with zero attached hydrogens (tertiary/aromatic N) is 1. The molecule has 0 saturated carbocycles. The molecule has 74 valence electrons. The van der Waals surface area contributed by atoms with Gasteiger partial charge in [-0.2, -0.15) is 0 Å². The molecule has 1 aromatic carbocycles. The predicted molar refractivity (Wildman–Crippen MR) is 60.3 cm³/mol. The molecule has 0 aliphatic carbocycles. The van der Waals surface area contributed by atoms with Crippen LogP contribution in [0.3, 0.4) is 0 Å². The van der Waals surface area contributed by atoms with E-state index >= 15 is 0 Å². The number of amides is 1. The van der Waals surface area contributed by atoms with Crippen molar-refractivity contribution in [2.45, 2.75) is 13.8 Å². The number of rotatable bonds is 1. The summed E-state index contributed by atoms with van der Waals surface area (Å²) >= 11 is 3.37. The van der Waals surface area contributed by atoms with E-state index in [-0.39, 0.29) is 11.3 Å². The summed E-state index contributed by atoms with van der Waals surface area (Å²) in [6.45, 7) is 4.77. The summed E-state index contributed by atoms with van der Waals surface area (Å²) in [5, 5.41) is 0. The van der Waals surface area contributed by atoms with Gasteiger partial charge in [-0.05, 0) is 38.1 Å². The van der Waals surface area contributed by atoms with Crippen molar-refractivity contribution in [1.82, 2.24) is 0 Å². The summed E-state index contributed by atoms with van der Waals surface area (Å²) in [7, 11) is 0. The van der Waals surface area contributed by atoms with E-state index in [9.17, 15) is 4.79 Å². The molecular formula is C11H12BrNO. The summed E-state index contributed by atoms with van der Waals surface area (Å²) in [5.74, 6) is 0.208. The third kappa shape index (κ3) is 1.46. The highest BCUT2D eigenvalue weighted by molar-refractivity contribution is 9.10. The highest BCUT2D eigenvalue weighted by Crippen LogP contribution is 2.35. The molecule has 0 radical (unpaired) electrons. The second-order valence-corrected chi connectivity index (χ2v) is 5.17. The average molecular weight is 254 g/mol. The molecular weight excluding hydrogens is 242 g/mol. The van der Waals surface area contributed by atoms with E-state index in [4.69, 9.17) is 0 Å². The molecule has 1 heterocycles. The fourth-order valence-corrected chi connectivity index (χ4v) is 1.90. The Kier molecular flexibility index (Phi) is 2.14. The third-order valence-corrected chi connectivity index (χ3v) is 3.04. The van der Waals surface area contributed by atoms with Crippen LogP contribution in [0.15, 0.2) is 28.7 Å². The molecule has 0 aromatic heterocycles. The van der Waals surface area contributed by atoms with Crippen LogP contribution in [0.1, 0.15) is 13.8 Å². The van der Waals surface area contributed by atoms with Crippen molar-refractivity contribution in [3.05, 3.63) is 28.7 Å². The van der Waals surface area contributed by atoms with Gasteiger partial charge in [-0.15, -0.1) is 0 Å². The van der Waals surface area contributed by atoms with E-state index in [0.717, 1.165) is 16.7 Å². The van der Waals surface area contributed by atoms with E-state index in [0.29, 0.717) is 0 Å². The first-order valence-corrected chi connectivity index (χ1v) is 5.37. The van der Waals surface area contributed by atoms with Gasteiger partial charge in [0.2, 0.25) is 5.91 Å². The van der Waals surface area contributed by atoms with Crippen LogP contribution < -0.4 is 4.90 Å². The van der Waals surface area contributed by atoms with Gasteiger partial charge in [0, 0.05) is 16.7 Å². The van der Waals surface area contributed by atoms with E-state index < -0.39 is 0 Å². The number of carbonyl (C=O) groups is 1. The van der Waals surface area contributed by atoms with Gasteiger partial charge >= 0.3 is 0 Å². The first-order valence-electron chi connectivity index (χ1n) is 4.58. The van der Waals surface area contributed by atoms with Gasteiger partial charge in [0.25, 0.3) is 0 Å². The molecule has 1 amide bonds. The second-order valence-electron chi connectivity index (χ2n) is 4.25. The minimum Gasteiger partial charge on any atom is -0.311 e. The molecule has 0 atom stereocenters. The molecule has 1 aliphatic heterocycles. The standard InChI is InChI=1S/C11H12BrNO/c1-11(2)7-13(10(11)14)9-5-3-8(12)4-6-9/h3-6H,7H2,1-2H3. The van der Waals surface area contributed by atoms with Crippen LogP contribution in [0.4, 0.5) is 5.69 Å². The summed E-state index contributed by atoms with van der Waals surface area (Å²) < 4.78 is 1.04. The molecule has 2 rings (SSSR count). The number of β-lactam (4-membered cyclic amide) rings is 1. The van der Waals surface area contributed by atoms with Gasteiger partial charge in [0.1, 0.15) is 0 Å². The van der Waals surface area contributed by atoms with Crippen molar-refractivity contribution < 1.29 is 4.79 Å². The number of hydrogen-bond donors (Lipinski definition) is 0. The highest BCUT2D eigenvalue weighted by atomic mass is 79.9. The van der Waals surface area contributed by atoms with E-state index in [2.05, 4.69) is 15.9 Å². The SMILES string of the molecule is CC1(C)CN(c2ccc(Br)cc2)C1=O. The monoisotopic (exact) mass is 253 g/mol. The first-order chi connectivity index (χ1) is 6.50. The Morgan fingerprint density at radius 1 is 1.29 bits per heavy atom. The summed E-state index contributed by atoms with van der Waals surface area (Å²) in [6.07, 6.45) is 0. The van der Waals surface area contributed by atoms with Crippen LogP contribution in [-0.4, -0.2) is 12.5 Å². The van der Waals surface area contributed by atoms with Gasteiger partial charge in [0.15, 0.2) is 0 Å². The molecule has 1 saturated heterocycles. The second kappa shape index (κ2) is 3.09. The smallest absolute Gasteiger partial charge is 0.234 e. The lowest BCUT2D eigenvalue weighted by Gasteiger charge is -2.44. The summed E-state index contributed by atoms with van der Waals surface area (Å²) in [6, 6.07) is 7.82. The summed E-state index contributed by atoms with van der Waals surface area (Å²) in [5.41, 5.74) is 0.810. The van der Waals surface area contributed by atoms with Gasteiger partial charge < -0.3 is 4.90 Å². The Bertz CT molecular complexity index is 369. The molecule has 0 N–H and O–H groups in total. The van der Waals surface area contributed by atoms with E-state index in [1.165, 1.54) is 0 Å². The Hall–Kier alpha value is -0.830. The number of hydrogen-bond acceptors (Lipinski definition) is 1. The molecule has 0 spiro atoms. The van der Waals surface area contributed by atoms with Crippen molar-refractivity contribution in [2.24, 2.45) is 5.41 Å². The van der Waals surface area contributed by atoms with E-state index in [1.807, 2.05) is 43.0 Å². The predicted octanol–water partition coefficient (Wildman–Crippen LogP) is 2.82. The maximum absolute atomic E-state index is 11.7. The van der Waals surface area contributed by atoms with Crippen LogP contribution in [0.2, 0.25) is 0 Å². The number of benzene rings is 1. The van der Waals surface area contributed by atoms with Crippen molar-refractivity contribution in [3.8, 4) is 0 Å². The Morgan fingerprint density at radius 3 is 2.29 bits per heavy atom. The van der Waals surface area contributed by atoms with Gasteiger partial charge in [-0.3, -0.25) is 4.79 Å². The van der Waals surface area contributed by atoms with Gasteiger partial charge in [-0.1, -0.05) is 15.9 Å². The Labute approximate surface area is 92.0 Å². The molecule has 1 aliphatic rings. The average Bonchev–Trinajstić information content (AvgIpc) is 2.16. The largest absolute Gasteiger partial charge is 0.311 e. The van der Waals surface area contributed by atoms with Crippen molar-refractivity contribution >= 4 is 27.5 Å². The highest BCUT2D eigenvalue weighted by Gasteiger charge is 2.44. The Balaban J connectivity index is 2.20. The maximum Gasteiger partial charge on any atom is 0.234 e. The third-order valence-electron chi connectivity index (χ3n) is 2.52. The minimum atomic E-state index is -0.174. The van der Waals surface area contributed by atoms with Crippen molar-refractivity contribution in [3.63, 3.8) is 0 Å². The maximum atomic E-state index is 11.7. The zero-order chi connectivity index (χ0) is 10.3. The fourth-order valence-electron chi connectivity index (χ4n) is 1.64. The zero-order valence-electron chi connectivity index (χ0n) is 8.25. The molecule has 0 bridgehead atoms. The van der Waals surface area contributed by atoms with Crippen molar-refractivity contribution in [1.29, 1.82) is 0 Å². The quantitative estimate of drug-likeness (QED) is 0.705. The number of halogens is 1. The first kappa shape index (κ1) is 9.71. The fraction of sp³-hybridized carbons (Fsp3) is 0.364. The topological polar surface area (TPSA) is 20.3 Å². The molecule has 2 nitrogen and oxygen atoms in total. The van der Waals surface area contributed by atoms with E-state index in [1.54, 1.807) is 0 Å². The molecule has 1 fully saturated rings. The Morgan fingerprint density at radius 2 is 1.86 bits per heavy atom. The molecule has 3 heteroatoms. The molecule has 14 heavy (non-hydrogen) atoms. The number of anilines is 1. The van der Waals surface area contributed by atoms with Gasteiger partial charge in [0.05, 0.1) is 5.41 Å². The van der Waals surface area contributed by atoms with Crippen LogP contribution in [0.25, 0.3) is 0 Å². The zero-order valence-corrected chi connectivity index (χ0v) is 9.84. The van der Waals surface area contributed by atoms with Crippen LogP contribution >= 0.6 is 15.9 Å².